The van der Waals surface area contributed by atoms with Crippen LogP contribution in [0.3, 0.4) is 0 Å². The number of fused-ring (bicyclic) bond motifs is 1. The van der Waals surface area contributed by atoms with Crippen molar-refractivity contribution in [3.8, 4) is 0 Å². The molecule has 0 amide bonds. The average Bonchev–Trinajstić information content (AvgIpc) is 2.44. The Labute approximate surface area is 127 Å². The fraction of sp³-hybridized carbons (Fsp3) is 0.571. The minimum absolute atomic E-state index is 0. The van der Waals surface area contributed by atoms with Gasteiger partial charge in [0.25, 0.3) is 0 Å². The minimum atomic E-state index is -3.39. The van der Waals surface area contributed by atoms with E-state index in [0.29, 0.717) is 11.4 Å². The lowest BCUT2D eigenvalue weighted by molar-refractivity contribution is 0.554. The molecule has 1 aromatic rings. The van der Waals surface area contributed by atoms with E-state index in [1.54, 1.807) is 6.07 Å². The van der Waals surface area contributed by atoms with Crippen molar-refractivity contribution in [2.75, 3.05) is 13.6 Å². The lowest BCUT2D eigenvalue weighted by Gasteiger charge is -2.17. The molecule has 1 aliphatic rings. The van der Waals surface area contributed by atoms with Gasteiger partial charge in [0, 0.05) is 12.6 Å². The maximum Gasteiger partial charge on any atom is 0.240 e. The van der Waals surface area contributed by atoms with Gasteiger partial charge in [-0.15, -0.1) is 12.4 Å². The molecule has 2 N–H and O–H groups in total. The Morgan fingerprint density at radius 3 is 2.50 bits per heavy atom. The Hall–Kier alpha value is -0.620. The van der Waals surface area contributed by atoms with E-state index in [0.717, 1.165) is 19.3 Å². The monoisotopic (exact) mass is 318 g/mol. The van der Waals surface area contributed by atoms with Crippen LogP contribution in [0.4, 0.5) is 0 Å². The van der Waals surface area contributed by atoms with Gasteiger partial charge in [-0.1, -0.05) is 6.07 Å². The van der Waals surface area contributed by atoms with Gasteiger partial charge in [0.2, 0.25) is 10.0 Å². The molecular formula is C14H23ClN2O2S. The first kappa shape index (κ1) is 17.4. The van der Waals surface area contributed by atoms with Gasteiger partial charge in [0.05, 0.1) is 4.90 Å². The first-order chi connectivity index (χ1) is 9.03. The Morgan fingerprint density at radius 2 is 1.85 bits per heavy atom. The molecule has 0 fully saturated rings. The number of hydrogen-bond donors (Lipinski definition) is 2. The summed E-state index contributed by atoms with van der Waals surface area (Å²) in [6.45, 7) is 2.34. The van der Waals surface area contributed by atoms with Crippen LogP contribution in [0, 0.1) is 0 Å². The predicted octanol–water partition coefficient (Wildman–Crippen LogP) is 1.87. The van der Waals surface area contributed by atoms with Crippen LogP contribution in [0.2, 0.25) is 0 Å². The van der Waals surface area contributed by atoms with Crippen molar-refractivity contribution in [1.29, 1.82) is 0 Å². The summed E-state index contributed by atoms with van der Waals surface area (Å²) in [5, 5.41) is 3.01. The van der Waals surface area contributed by atoms with Gasteiger partial charge in [-0.3, -0.25) is 0 Å². The quantitative estimate of drug-likeness (QED) is 0.871. The molecule has 0 aliphatic heterocycles. The van der Waals surface area contributed by atoms with Crippen LogP contribution >= 0.6 is 12.4 Å². The second-order valence-electron chi connectivity index (χ2n) is 5.18. The second-order valence-corrected chi connectivity index (χ2v) is 6.95. The van der Waals surface area contributed by atoms with Gasteiger partial charge >= 0.3 is 0 Å². The fourth-order valence-corrected chi connectivity index (χ4v) is 3.48. The zero-order valence-corrected chi connectivity index (χ0v) is 13.6. The Kier molecular flexibility index (Phi) is 6.45. The van der Waals surface area contributed by atoms with E-state index in [1.165, 1.54) is 17.5 Å². The zero-order valence-electron chi connectivity index (χ0n) is 12.0. The molecule has 0 saturated heterocycles. The Bertz CT molecular complexity index is 546. The van der Waals surface area contributed by atoms with Crippen molar-refractivity contribution in [2.45, 2.75) is 43.5 Å². The van der Waals surface area contributed by atoms with E-state index in [4.69, 9.17) is 0 Å². The second kappa shape index (κ2) is 7.41. The summed E-state index contributed by atoms with van der Waals surface area (Å²) in [7, 11) is -1.57. The third-order valence-electron chi connectivity index (χ3n) is 3.70. The number of rotatable bonds is 5. The molecule has 0 heterocycles. The van der Waals surface area contributed by atoms with Gasteiger partial charge in [0.15, 0.2) is 0 Å². The highest BCUT2D eigenvalue weighted by Crippen LogP contribution is 2.23. The highest BCUT2D eigenvalue weighted by Gasteiger charge is 2.17. The predicted molar refractivity (Wildman–Crippen MR) is 84.0 cm³/mol. The molecule has 0 saturated carbocycles. The van der Waals surface area contributed by atoms with Crippen LogP contribution in [-0.4, -0.2) is 28.1 Å². The molecule has 1 aromatic carbocycles. The lowest BCUT2D eigenvalue weighted by atomic mass is 9.92. The van der Waals surface area contributed by atoms with E-state index in [1.807, 2.05) is 26.1 Å². The molecule has 1 aliphatic carbocycles. The maximum atomic E-state index is 12.2. The van der Waals surface area contributed by atoms with Crippen molar-refractivity contribution >= 4 is 22.4 Å². The average molecular weight is 319 g/mol. The van der Waals surface area contributed by atoms with Gasteiger partial charge in [-0.25, -0.2) is 13.1 Å². The first-order valence-corrected chi connectivity index (χ1v) is 8.30. The van der Waals surface area contributed by atoms with Crippen LogP contribution in [-0.2, 0) is 22.9 Å². The minimum Gasteiger partial charge on any atom is -0.316 e. The molecule has 20 heavy (non-hydrogen) atoms. The SMILES string of the molecule is CNC(C)CNS(=O)(=O)c1ccc2c(c1)CCCC2.Cl. The van der Waals surface area contributed by atoms with Gasteiger partial charge in [-0.05, 0) is 62.9 Å². The van der Waals surface area contributed by atoms with Crippen molar-refractivity contribution < 1.29 is 8.42 Å². The van der Waals surface area contributed by atoms with Crippen LogP contribution in [0.1, 0.15) is 30.9 Å². The van der Waals surface area contributed by atoms with Crippen LogP contribution in [0.15, 0.2) is 23.1 Å². The Balaban J connectivity index is 0.00000200. The number of aryl methyl sites for hydroxylation is 2. The molecule has 4 nitrogen and oxygen atoms in total. The van der Waals surface area contributed by atoms with Crippen molar-refractivity contribution in [3.05, 3.63) is 29.3 Å². The molecule has 6 heteroatoms. The van der Waals surface area contributed by atoms with E-state index in [9.17, 15) is 8.42 Å². The normalized spacial score (nSPS) is 16.1. The highest BCUT2D eigenvalue weighted by atomic mass is 35.5. The number of sulfonamides is 1. The molecule has 1 atom stereocenters. The van der Waals surface area contributed by atoms with Crippen molar-refractivity contribution in [3.63, 3.8) is 0 Å². The lowest BCUT2D eigenvalue weighted by Crippen LogP contribution is -2.37. The van der Waals surface area contributed by atoms with E-state index >= 15 is 0 Å². The van der Waals surface area contributed by atoms with Crippen LogP contribution in [0.25, 0.3) is 0 Å². The summed E-state index contributed by atoms with van der Waals surface area (Å²) >= 11 is 0. The molecular weight excluding hydrogens is 296 g/mol. The van der Waals surface area contributed by atoms with Gasteiger partial charge < -0.3 is 5.32 Å². The third kappa shape index (κ3) is 4.19. The molecule has 0 spiro atoms. The standard InChI is InChI=1S/C14H22N2O2S.ClH/c1-11(15-2)10-16-19(17,18)14-8-7-12-5-3-4-6-13(12)9-14;/h7-9,11,15-16H,3-6,10H2,1-2H3;1H. The first-order valence-electron chi connectivity index (χ1n) is 6.81. The number of benzene rings is 1. The highest BCUT2D eigenvalue weighted by molar-refractivity contribution is 7.89. The molecule has 1 unspecified atom stereocenters. The number of halogens is 1. The van der Waals surface area contributed by atoms with E-state index < -0.39 is 10.0 Å². The van der Waals surface area contributed by atoms with E-state index in [-0.39, 0.29) is 18.4 Å². The van der Waals surface area contributed by atoms with Gasteiger partial charge in [0.1, 0.15) is 0 Å². The molecule has 0 bridgehead atoms. The summed E-state index contributed by atoms with van der Waals surface area (Å²) in [4.78, 5) is 0.386. The Morgan fingerprint density at radius 1 is 1.20 bits per heavy atom. The summed E-state index contributed by atoms with van der Waals surface area (Å²) in [6.07, 6.45) is 4.42. The summed E-state index contributed by atoms with van der Waals surface area (Å²) < 4.78 is 27.0. The van der Waals surface area contributed by atoms with E-state index in [2.05, 4.69) is 10.0 Å². The zero-order chi connectivity index (χ0) is 13.9. The maximum absolute atomic E-state index is 12.2. The third-order valence-corrected chi connectivity index (χ3v) is 5.12. The summed E-state index contributed by atoms with van der Waals surface area (Å²) in [5.41, 5.74) is 2.49. The molecule has 0 radical (unpaired) electrons. The summed E-state index contributed by atoms with van der Waals surface area (Å²) in [5.74, 6) is 0. The van der Waals surface area contributed by atoms with Crippen molar-refractivity contribution in [2.24, 2.45) is 0 Å². The topological polar surface area (TPSA) is 58.2 Å². The van der Waals surface area contributed by atoms with Gasteiger partial charge in [-0.2, -0.15) is 0 Å². The number of likely N-dealkylation sites (N-methyl/N-ethyl adjacent to an activating group) is 1. The fourth-order valence-electron chi connectivity index (χ4n) is 2.30. The van der Waals surface area contributed by atoms with Crippen molar-refractivity contribution in [1.82, 2.24) is 10.0 Å². The molecule has 2 rings (SSSR count). The van der Waals surface area contributed by atoms with Crippen LogP contribution in [0.5, 0.6) is 0 Å². The number of hydrogen-bond acceptors (Lipinski definition) is 3. The molecule has 114 valence electrons. The summed E-state index contributed by atoms with van der Waals surface area (Å²) in [6, 6.07) is 5.63. The molecule has 0 aromatic heterocycles. The largest absolute Gasteiger partial charge is 0.316 e. The van der Waals surface area contributed by atoms with Crippen LogP contribution < -0.4 is 10.0 Å². The number of nitrogens with one attached hydrogen (secondary N) is 2. The smallest absolute Gasteiger partial charge is 0.240 e.